The van der Waals surface area contributed by atoms with Gasteiger partial charge in [-0.05, 0) is 31.5 Å². The second-order valence-electron chi connectivity index (χ2n) is 4.78. The van der Waals surface area contributed by atoms with E-state index in [-0.39, 0.29) is 0 Å². The molecule has 0 radical (unpaired) electrons. The summed E-state index contributed by atoms with van der Waals surface area (Å²) in [6.07, 6.45) is 0.990. The van der Waals surface area contributed by atoms with Crippen LogP contribution in [0.4, 0.5) is 5.82 Å². The Kier molecular flexibility index (Phi) is 5.32. The van der Waals surface area contributed by atoms with E-state index in [0.717, 1.165) is 29.8 Å². The number of hydrogen-bond donors (Lipinski definition) is 1. The number of aromatic nitrogens is 1. The number of rotatable bonds is 5. The lowest BCUT2D eigenvalue weighted by Crippen LogP contribution is -2.04. The Morgan fingerprint density at radius 1 is 1.19 bits per heavy atom. The summed E-state index contributed by atoms with van der Waals surface area (Å²) in [7, 11) is 1.63. The van der Waals surface area contributed by atoms with Gasteiger partial charge in [0, 0.05) is 12.1 Å². The molecule has 2 aromatic rings. The van der Waals surface area contributed by atoms with Crippen LogP contribution in [0.5, 0.6) is 5.75 Å². The van der Waals surface area contributed by atoms with Gasteiger partial charge in [0.2, 0.25) is 0 Å². The number of benzene rings is 1. The summed E-state index contributed by atoms with van der Waals surface area (Å²) in [5, 5.41) is 4.23. The highest BCUT2D eigenvalue weighted by atomic mass is 35.5. The van der Waals surface area contributed by atoms with Crippen LogP contribution in [0.25, 0.3) is 11.3 Å². The molecule has 0 saturated carbocycles. The SMILES string of the molecule is CCCNc1nc(-c2cc(C)ccc2OC)c(Cl)cc1Cl. The number of methoxy groups -OCH3 is 1. The molecule has 2 rings (SSSR count). The molecule has 0 aliphatic carbocycles. The maximum absolute atomic E-state index is 6.32. The molecular weight excluding hydrogens is 307 g/mol. The summed E-state index contributed by atoms with van der Waals surface area (Å²) in [5.74, 6) is 1.38. The second kappa shape index (κ2) is 7.01. The summed E-state index contributed by atoms with van der Waals surface area (Å²) in [5.41, 5.74) is 2.64. The molecule has 112 valence electrons. The van der Waals surface area contributed by atoms with E-state index in [9.17, 15) is 0 Å². The maximum atomic E-state index is 6.32. The Labute approximate surface area is 135 Å². The number of anilines is 1. The van der Waals surface area contributed by atoms with E-state index in [1.165, 1.54) is 0 Å². The van der Waals surface area contributed by atoms with E-state index in [4.69, 9.17) is 27.9 Å². The number of pyridine rings is 1. The van der Waals surface area contributed by atoms with Crippen LogP contribution in [0.15, 0.2) is 24.3 Å². The number of nitrogens with one attached hydrogen (secondary N) is 1. The highest BCUT2D eigenvalue weighted by Gasteiger charge is 2.15. The van der Waals surface area contributed by atoms with E-state index in [1.807, 2.05) is 25.1 Å². The fraction of sp³-hybridized carbons (Fsp3) is 0.312. The zero-order valence-electron chi connectivity index (χ0n) is 12.3. The van der Waals surface area contributed by atoms with Crippen LogP contribution >= 0.6 is 23.2 Å². The minimum Gasteiger partial charge on any atom is -0.496 e. The predicted octanol–water partition coefficient (Wildman–Crippen LogP) is 5.19. The normalized spacial score (nSPS) is 10.5. The van der Waals surface area contributed by atoms with Crippen LogP contribution in [-0.4, -0.2) is 18.6 Å². The third-order valence-electron chi connectivity index (χ3n) is 3.08. The largest absolute Gasteiger partial charge is 0.496 e. The lowest BCUT2D eigenvalue weighted by atomic mass is 10.1. The maximum Gasteiger partial charge on any atom is 0.145 e. The van der Waals surface area contributed by atoms with Crippen molar-refractivity contribution in [2.75, 3.05) is 19.0 Å². The lowest BCUT2D eigenvalue weighted by Gasteiger charge is -2.13. The summed E-state index contributed by atoms with van der Waals surface area (Å²) in [6, 6.07) is 7.62. The molecule has 0 unspecified atom stereocenters. The van der Waals surface area contributed by atoms with Gasteiger partial charge in [0.25, 0.3) is 0 Å². The fourth-order valence-electron chi connectivity index (χ4n) is 2.03. The predicted molar refractivity (Wildman–Crippen MR) is 89.8 cm³/mol. The first-order valence-corrected chi connectivity index (χ1v) is 7.57. The van der Waals surface area contributed by atoms with Gasteiger partial charge in [-0.15, -0.1) is 0 Å². The first-order valence-electron chi connectivity index (χ1n) is 6.81. The number of hydrogen-bond acceptors (Lipinski definition) is 3. The molecule has 0 aliphatic heterocycles. The van der Waals surface area contributed by atoms with Crippen LogP contribution < -0.4 is 10.1 Å². The summed E-state index contributed by atoms with van der Waals surface area (Å²) in [6.45, 7) is 4.91. The van der Waals surface area contributed by atoms with Gasteiger partial charge in [-0.3, -0.25) is 0 Å². The fourth-order valence-corrected chi connectivity index (χ4v) is 2.56. The molecule has 21 heavy (non-hydrogen) atoms. The zero-order valence-corrected chi connectivity index (χ0v) is 13.8. The van der Waals surface area contributed by atoms with Crippen molar-refractivity contribution in [3.05, 3.63) is 39.9 Å². The van der Waals surface area contributed by atoms with Crippen molar-refractivity contribution in [2.24, 2.45) is 0 Å². The van der Waals surface area contributed by atoms with Gasteiger partial charge in [-0.25, -0.2) is 4.98 Å². The standard InChI is InChI=1S/C16H18Cl2N2O/c1-4-7-19-16-13(18)9-12(17)15(20-16)11-8-10(2)5-6-14(11)21-3/h5-6,8-9H,4,7H2,1-3H3,(H,19,20). The molecule has 0 aliphatic rings. The van der Waals surface area contributed by atoms with Gasteiger partial charge in [0.1, 0.15) is 11.6 Å². The number of ether oxygens (including phenoxy) is 1. The van der Waals surface area contributed by atoms with Crippen LogP contribution in [0.1, 0.15) is 18.9 Å². The molecule has 0 amide bonds. The molecule has 1 heterocycles. The third kappa shape index (κ3) is 3.60. The zero-order chi connectivity index (χ0) is 15.4. The van der Waals surface area contributed by atoms with Gasteiger partial charge in [-0.2, -0.15) is 0 Å². The van der Waals surface area contributed by atoms with Gasteiger partial charge in [0.05, 0.1) is 22.8 Å². The first kappa shape index (κ1) is 15.9. The van der Waals surface area contributed by atoms with Gasteiger partial charge >= 0.3 is 0 Å². The molecule has 0 atom stereocenters. The summed E-state index contributed by atoms with van der Waals surface area (Å²) < 4.78 is 5.41. The van der Waals surface area contributed by atoms with E-state index >= 15 is 0 Å². The first-order chi connectivity index (χ1) is 10.1. The van der Waals surface area contributed by atoms with Crippen LogP contribution in [0.3, 0.4) is 0 Å². The molecule has 0 spiro atoms. The Balaban J connectivity index is 2.55. The Morgan fingerprint density at radius 2 is 1.95 bits per heavy atom. The van der Waals surface area contributed by atoms with Crippen LogP contribution in [0.2, 0.25) is 10.0 Å². The highest BCUT2D eigenvalue weighted by Crippen LogP contribution is 2.37. The topological polar surface area (TPSA) is 34.2 Å². The number of nitrogens with zero attached hydrogens (tertiary/aromatic N) is 1. The minimum atomic E-state index is 0.506. The van der Waals surface area contributed by atoms with Crippen molar-refractivity contribution >= 4 is 29.0 Å². The number of halogens is 2. The van der Waals surface area contributed by atoms with Crippen molar-refractivity contribution in [1.29, 1.82) is 0 Å². The monoisotopic (exact) mass is 324 g/mol. The van der Waals surface area contributed by atoms with Crippen molar-refractivity contribution < 1.29 is 4.74 Å². The quantitative estimate of drug-likeness (QED) is 0.821. The van der Waals surface area contributed by atoms with Crippen molar-refractivity contribution in [3.8, 4) is 17.0 Å². The molecule has 1 aromatic carbocycles. The number of aryl methyl sites for hydroxylation is 1. The summed E-state index contributed by atoms with van der Waals surface area (Å²) in [4.78, 5) is 4.57. The van der Waals surface area contributed by atoms with E-state index in [0.29, 0.717) is 21.6 Å². The molecule has 3 nitrogen and oxygen atoms in total. The Bertz CT molecular complexity index is 644. The highest BCUT2D eigenvalue weighted by molar-refractivity contribution is 6.37. The van der Waals surface area contributed by atoms with Crippen LogP contribution in [0, 0.1) is 6.92 Å². The molecule has 1 N–H and O–H groups in total. The van der Waals surface area contributed by atoms with Gasteiger partial charge in [0.15, 0.2) is 0 Å². The van der Waals surface area contributed by atoms with Crippen LogP contribution in [-0.2, 0) is 0 Å². The second-order valence-corrected chi connectivity index (χ2v) is 5.59. The molecule has 0 fully saturated rings. The Morgan fingerprint density at radius 3 is 2.62 bits per heavy atom. The van der Waals surface area contributed by atoms with E-state index in [2.05, 4.69) is 17.2 Å². The van der Waals surface area contributed by atoms with E-state index in [1.54, 1.807) is 13.2 Å². The molecule has 1 aromatic heterocycles. The van der Waals surface area contributed by atoms with E-state index < -0.39 is 0 Å². The summed E-state index contributed by atoms with van der Waals surface area (Å²) >= 11 is 12.5. The average molecular weight is 325 g/mol. The van der Waals surface area contributed by atoms with Gasteiger partial charge in [-0.1, -0.05) is 41.8 Å². The third-order valence-corrected chi connectivity index (χ3v) is 3.66. The molecule has 5 heteroatoms. The van der Waals surface area contributed by atoms with Crippen molar-refractivity contribution in [2.45, 2.75) is 20.3 Å². The molecule has 0 bridgehead atoms. The van der Waals surface area contributed by atoms with Crippen molar-refractivity contribution in [3.63, 3.8) is 0 Å². The van der Waals surface area contributed by atoms with Gasteiger partial charge < -0.3 is 10.1 Å². The average Bonchev–Trinajstić information content (AvgIpc) is 2.46. The smallest absolute Gasteiger partial charge is 0.145 e. The van der Waals surface area contributed by atoms with Crippen molar-refractivity contribution in [1.82, 2.24) is 4.98 Å². The minimum absolute atomic E-state index is 0.506. The Hall–Kier alpha value is -1.45. The molecular formula is C16H18Cl2N2O. The lowest BCUT2D eigenvalue weighted by molar-refractivity contribution is 0.416. The molecule has 0 saturated heterocycles.